The summed E-state index contributed by atoms with van der Waals surface area (Å²) < 4.78 is 2.03. The molecule has 20 heavy (non-hydrogen) atoms. The number of amides is 1. The van der Waals surface area contributed by atoms with Gasteiger partial charge in [-0.05, 0) is 25.8 Å². The fraction of sp³-hybridized carbons (Fsp3) is 0.600. The molecular formula is C15H20N4O. The predicted octanol–water partition coefficient (Wildman–Crippen LogP) is 0.347. The lowest BCUT2D eigenvalue weighted by molar-refractivity contribution is -0.116. The standard InChI is InChI=1S/C15H20N4O/c1-18-8-12(14-7-16-10-19(14)2)13(9-18)17-15(20)6-5-11-3-4-11/h7,10-13H,3-4,8-9H2,1-2H3,(H,17,20)/t12-,13-/m1/s1. The van der Waals surface area contributed by atoms with E-state index in [1.807, 2.05) is 17.8 Å². The van der Waals surface area contributed by atoms with Gasteiger partial charge in [0.15, 0.2) is 0 Å². The highest BCUT2D eigenvalue weighted by Crippen LogP contribution is 2.28. The van der Waals surface area contributed by atoms with Crippen LogP contribution in [0.2, 0.25) is 0 Å². The van der Waals surface area contributed by atoms with Crippen molar-refractivity contribution in [1.29, 1.82) is 0 Å². The Balaban J connectivity index is 1.69. The van der Waals surface area contributed by atoms with E-state index in [4.69, 9.17) is 0 Å². The lowest BCUT2D eigenvalue weighted by Crippen LogP contribution is -2.39. The fourth-order valence-corrected chi connectivity index (χ4v) is 2.77. The van der Waals surface area contributed by atoms with E-state index in [-0.39, 0.29) is 17.9 Å². The Hall–Kier alpha value is -1.80. The first kappa shape index (κ1) is 13.2. The van der Waals surface area contributed by atoms with Crippen LogP contribution in [0.25, 0.3) is 0 Å². The highest BCUT2D eigenvalue weighted by Gasteiger charge is 2.34. The summed E-state index contributed by atoms with van der Waals surface area (Å²) >= 11 is 0. The minimum Gasteiger partial charge on any atom is -0.341 e. The summed E-state index contributed by atoms with van der Waals surface area (Å²) in [7, 11) is 4.07. The number of likely N-dealkylation sites (tertiary alicyclic amines) is 1. The van der Waals surface area contributed by atoms with Crippen LogP contribution in [0, 0.1) is 17.8 Å². The molecule has 0 aromatic carbocycles. The van der Waals surface area contributed by atoms with Gasteiger partial charge in [-0.15, -0.1) is 0 Å². The Labute approximate surface area is 119 Å². The molecule has 2 fully saturated rings. The van der Waals surface area contributed by atoms with Crippen molar-refractivity contribution >= 4 is 5.91 Å². The van der Waals surface area contributed by atoms with Gasteiger partial charge < -0.3 is 14.8 Å². The minimum atomic E-state index is -0.149. The molecule has 5 nitrogen and oxygen atoms in total. The van der Waals surface area contributed by atoms with Crippen molar-refractivity contribution in [2.24, 2.45) is 13.0 Å². The monoisotopic (exact) mass is 272 g/mol. The smallest absolute Gasteiger partial charge is 0.296 e. The zero-order valence-corrected chi connectivity index (χ0v) is 12.0. The number of imidazole rings is 1. The van der Waals surface area contributed by atoms with Gasteiger partial charge in [0, 0.05) is 43.9 Å². The minimum absolute atomic E-state index is 0.108. The second kappa shape index (κ2) is 5.29. The topological polar surface area (TPSA) is 50.2 Å². The Morgan fingerprint density at radius 1 is 1.40 bits per heavy atom. The number of rotatable bonds is 2. The molecule has 1 aromatic rings. The number of nitrogens with one attached hydrogen (secondary N) is 1. The lowest BCUT2D eigenvalue weighted by Gasteiger charge is -2.18. The number of carbonyl (C=O) groups excluding carboxylic acids is 1. The summed E-state index contributed by atoms with van der Waals surface area (Å²) in [5.74, 6) is 6.32. The van der Waals surface area contributed by atoms with Crippen molar-refractivity contribution in [2.75, 3.05) is 20.1 Å². The molecule has 1 saturated heterocycles. The predicted molar refractivity (Wildman–Crippen MR) is 75.9 cm³/mol. The summed E-state index contributed by atoms with van der Waals surface area (Å²) in [5.41, 5.74) is 1.16. The third-order valence-corrected chi connectivity index (χ3v) is 4.02. The molecule has 1 N–H and O–H groups in total. The van der Waals surface area contributed by atoms with Crippen LogP contribution in [0.3, 0.4) is 0 Å². The van der Waals surface area contributed by atoms with E-state index in [9.17, 15) is 4.79 Å². The summed E-state index contributed by atoms with van der Waals surface area (Å²) in [6, 6.07) is 0.108. The molecule has 1 amide bonds. The molecule has 3 rings (SSSR count). The van der Waals surface area contributed by atoms with Gasteiger partial charge in [0.2, 0.25) is 0 Å². The quantitative estimate of drug-likeness (QED) is 0.790. The lowest BCUT2D eigenvalue weighted by atomic mass is 10.00. The Kier molecular flexibility index (Phi) is 3.49. The molecule has 0 bridgehead atoms. The van der Waals surface area contributed by atoms with Crippen LogP contribution in [0.15, 0.2) is 12.5 Å². The summed E-state index contributed by atoms with van der Waals surface area (Å²) in [4.78, 5) is 18.3. The molecule has 0 radical (unpaired) electrons. The van der Waals surface area contributed by atoms with E-state index < -0.39 is 0 Å². The van der Waals surface area contributed by atoms with Gasteiger partial charge in [0.05, 0.1) is 12.4 Å². The Bertz CT molecular complexity index is 564. The van der Waals surface area contributed by atoms with Crippen LogP contribution in [-0.2, 0) is 11.8 Å². The SMILES string of the molecule is CN1C[C@@H](NC(=O)C#CC2CC2)[C@H](c2cncn2C)C1. The van der Waals surface area contributed by atoms with Gasteiger partial charge in [-0.1, -0.05) is 5.92 Å². The van der Waals surface area contributed by atoms with Gasteiger partial charge in [0.25, 0.3) is 5.91 Å². The zero-order valence-electron chi connectivity index (χ0n) is 12.0. The van der Waals surface area contributed by atoms with E-state index in [1.165, 1.54) is 0 Å². The summed E-state index contributed by atoms with van der Waals surface area (Å²) in [5, 5.41) is 3.06. The number of hydrogen-bond acceptors (Lipinski definition) is 3. The molecule has 1 aliphatic carbocycles. The highest BCUT2D eigenvalue weighted by atomic mass is 16.1. The zero-order chi connectivity index (χ0) is 14.1. The van der Waals surface area contributed by atoms with Gasteiger partial charge in [-0.3, -0.25) is 4.79 Å². The number of aryl methyl sites for hydroxylation is 1. The van der Waals surface area contributed by atoms with Crippen LogP contribution >= 0.6 is 0 Å². The van der Waals surface area contributed by atoms with E-state index >= 15 is 0 Å². The van der Waals surface area contributed by atoms with Crippen molar-refractivity contribution in [3.8, 4) is 11.8 Å². The van der Waals surface area contributed by atoms with Crippen LogP contribution in [0.1, 0.15) is 24.5 Å². The van der Waals surface area contributed by atoms with Gasteiger partial charge in [0.1, 0.15) is 0 Å². The number of likely N-dealkylation sites (N-methyl/N-ethyl adjacent to an activating group) is 1. The molecule has 0 unspecified atom stereocenters. The normalized spacial score (nSPS) is 26.1. The van der Waals surface area contributed by atoms with Crippen LogP contribution in [0.4, 0.5) is 0 Å². The average molecular weight is 272 g/mol. The maximum Gasteiger partial charge on any atom is 0.296 e. The molecule has 5 heteroatoms. The second-order valence-corrected chi connectivity index (χ2v) is 5.88. The van der Waals surface area contributed by atoms with Crippen LogP contribution in [-0.4, -0.2) is 46.5 Å². The second-order valence-electron chi connectivity index (χ2n) is 5.88. The molecule has 106 valence electrons. The summed E-state index contributed by atoms with van der Waals surface area (Å²) in [6.45, 7) is 1.78. The van der Waals surface area contributed by atoms with Crippen molar-refractivity contribution < 1.29 is 4.79 Å². The Morgan fingerprint density at radius 2 is 2.20 bits per heavy atom. The largest absolute Gasteiger partial charge is 0.341 e. The van der Waals surface area contributed by atoms with Crippen molar-refractivity contribution in [3.05, 3.63) is 18.2 Å². The van der Waals surface area contributed by atoms with Gasteiger partial charge in [-0.25, -0.2) is 4.98 Å². The first-order valence-electron chi connectivity index (χ1n) is 7.10. The fourth-order valence-electron chi connectivity index (χ4n) is 2.77. The van der Waals surface area contributed by atoms with Crippen molar-refractivity contribution in [2.45, 2.75) is 24.8 Å². The van der Waals surface area contributed by atoms with E-state index in [1.54, 1.807) is 6.33 Å². The average Bonchev–Trinajstić information content (AvgIpc) is 3.04. The van der Waals surface area contributed by atoms with Gasteiger partial charge >= 0.3 is 0 Å². The van der Waals surface area contributed by atoms with Crippen LogP contribution < -0.4 is 5.32 Å². The maximum atomic E-state index is 11.9. The number of aromatic nitrogens is 2. The number of nitrogens with zero attached hydrogens (tertiary/aromatic N) is 3. The third kappa shape index (κ3) is 2.86. The number of carbonyl (C=O) groups is 1. The molecule has 2 atom stereocenters. The van der Waals surface area contributed by atoms with E-state index in [0.717, 1.165) is 31.6 Å². The first-order chi connectivity index (χ1) is 9.63. The van der Waals surface area contributed by atoms with E-state index in [0.29, 0.717) is 5.92 Å². The first-order valence-corrected chi connectivity index (χ1v) is 7.10. The molecular weight excluding hydrogens is 252 g/mol. The molecule has 1 saturated carbocycles. The maximum absolute atomic E-state index is 11.9. The molecule has 1 aromatic heterocycles. The third-order valence-electron chi connectivity index (χ3n) is 4.02. The summed E-state index contributed by atoms with van der Waals surface area (Å²) in [6.07, 6.45) is 5.98. The van der Waals surface area contributed by atoms with Gasteiger partial charge in [-0.2, -0.15) is 0 Å². The van der Waals surface area contributed by atoms with Crippen molar-refractivity contribution in [1.82, 2.24) is 19.8 Å². The van der Waals surface area contributed by atoms with Crippen molar-refractivity contribution in [3.63, 3.8) is 0 Å². The van der Waals surface area contributed by atoms with Crippen LogP contribution in [0.5, 0.6) is 0 Å². The molecule has 2 heterocycles. The molecule has 1 aliphatic heterocycles. The number of hydrogen-bond donors (Lipinski definition) is 1. The van der Waals surface area contributed by atoms with E-state index in [2.05, 4.69) is 34.1 Å². The molecule has 2 aliphatic rings. The molecule has 0 spiro atoms. The highest BCUT2D eigenvalue weighted by molar-refractivity contribution is 5.93. The Morgan fingerprint density at radius 3 is 2.85 bits per heavy atom.